The lowest BCUT2D eigenvalue weighted by Crippen LogP contribution is -2.51. The van der Waals surface area contributed by atoms with E-state index in [0.717, 1.165) is 42.7 Å². The van der Waals surface area contributed by atoms with Crippen molar-refractivity contribution in [2.75, 3.05) is 31.1 Å². The second kappa shape index (κ2) is 6.65. The number of hydrogen-bond donors (Lipinski definition) is 1. The minimum atomic E-state index is 0.539. The van der Waals surface area contributed by atoms with Gasteiger partial charge in [0.25, 0.3) is 0 Å². The van der Waals surface area contributed by atoms with Crippen LogP contribution in [0.2, 0.25) is 0 Å². The van der Waals surface area contributed by atoms with E-state index < -0.39 is 0 Å². The lowest BCUT2D eigenvalue weighted by Gasteiger charge is -2.35. The van der Waals surface area contributed by atoms with Gasteiger partial charge in [-0.05, 0) is 24.5 Å². The van der Waals surface area contributed by atoms with E-state index in [2.05, 4.69) is 34.3 Å². The molecule has 8 nitrogen and oxygen atoms in total. The summed E-state index contributed by atoms with van der Waals surface area (Å²) < 4.78 is 3.90. The molecular formula is C13H18N8S. The summed E-state index contributed by atoms with van der Waals surface area (Å²) in [4.78, 5) is 18.3. The van der Waals surface area contributed by atoms with Gasteiger partial charge in [-0.2, -0.15) is 0 Å². The molecule has 0 aliphatic carbocycles. The molecule has 9 heteroatoms. The first-order chi connectivity index (χ1) is 10.7. The number of aromatic nitrogens is 4. The summed E-state index contributed by atoms with van der Waals surface area (Å²) in [5.41, 5.74) is 7.01. The van der Waals surface area contributed by atoms with Gasteiger partial charge in [-0.3, -0.25) is 0 Å². The van der Waals surface area contributed by atoms with Gasteiger partial charge in [0.1, 0.15) is 0 Å². The molecule has 1 fully saturated rings. The number of guanidine groups is 1. The highest BCUT2D eigenvalue weighted by Crippen LogP contribution is 2.12. The molecule has 2 aromatic rings. The summed E-state index contributed by atoms with van der Waals surface area (Å²) in [6.45, 7) is 5.77. The Balaban J connectivity index is 1.55. The molecule has 0 aromatic carbocycles. The van der Waals surface area contributed by atoms with Crippen molar-refractivity contribution >= 4 is 23.4 Å². The van der Waals surface area contributed by atoms with Crippen LogP contribution in [0, 0.1) is 6.92 Å². The largest absolute Gasteiger partial charge is 0.370 e. The van der Waals surface area contributed by atoms with Crippen molar-refractivity contribution in [3.63, 3.8) is 0 Å². The average Bonchev–Trinajstić information content (AvgIpc) is 2.99. The zero-order valence-electron chi connectivity index (χ0n) is 12.4. The summed E-state index contributed by atoms with van der Waals surface area (Å²) in [6, 6.07) is 1.82. The minimum Gasteiger partial charge on any atom is -0.370 e. The molecular weight excluding hydrogens is 300 g/mol. The Morgan fingerprint density at radius 1 is 1.27 bits per heavy atom. The molecule has 0 unspecified atom stereocenters. The van der Waals surface area contributed by atoms with E-state index in [4.69, 9.17) is 5.73 Å². The van der Waals surface area contributed by atoms with Crippen LogP contribution in [0.1, 0.15) is 10.6 Å². The third kappa shape index (κ3) is 3.30. The van der Waals surface area contributed by atoms with Crippen LogP contribution in [0.25, 0.3) is 0 Å². The number of nitrogens with two attached hydrogens (primary N) is 1. The van der Waals surface area contributed by atoms with Gasteiger partial charge in [-0.25, -0.2) is 15.0 Å². The molecule has 2 N–H and O–H groups in total. The van der Waals surface area contributed by atoms with Gasteiger partial charge in [-0.1, -0.05) is 4.49 Å². The molecule has 1 saturated heterocycles. The first-order valence-corrected chi connectivity index (χ1v) is 7.86. The molecule has 0 spiro atoms. The van der Waals surface area contributed by atoms with E-state index >= 15 is 0 Å². The van der Waals surface area contributed by atoms with E-state index in [1.165, 1.54) is 11.5 Å². The number of hydrogen-bond acceptors (Lipinski definition) is 7. The zero-order chi connectivity index (χ0) is 15.4. The van der Waals surface area contributed by atoms with E-state index in [-0.39, 0.29) is 0 Å². The molecule has 22 heavy (non-hydrogen) atoms. The van der Waals surface area contributed by atoms with Crippen LogP contribution >= 0.6 is 11.5 Å². The van der Waals surface area contributed by atoms with Gasteiger partial charge in [-0.15, -0.1) is 5.10 Å². The number of aliphatic imine (C=N–C) groups is 1. The molecule has 3 rings (SSSR count). The number of rotatable bonds is 3. The Labute approximate surface area is 132 Å². The Hall–Kier alpha value is -2.29. The molecule has 0 bridgehead atoms. The first-order valence-electron chi connectivity index (χ1n) is 7.08. The van der Waals surface area contributed by atoms with E-state index in [1.54, 1.807) is 12.4 Å². The van der Waals surface area contributed by atoms with Crippen molar-refractivity contribution in [3.8, 4) is 0 Å². The van der Waals surface area contributed by atoms with Gasteiger partial charge < -0.3 is 15.5 Å². The Morgan fingerprint density at radius 2 is 2.00 bits per heavy atom. The van der Waals surface area contributed by atoms with Gasteiger partial charge in [0.05, 0.1) is 17.1 Å². The molecule has 3 heterocycles. The summed E-state index contributed by atoms with van der Waals surface area (Å²) >= 11 is 1.37. The zero-order valence-corrected chi connectivity index (χ0v) is 13.2. The maximum atomic E-state index is 6.09. The third-order valence-corrected chi connectivity index (χ3v) is 4.38. The van der Waals surface area contributed by atoms with Gasteiger partial charge in [0.15, 0.2) is 5.96 Å². The van der Waals surface area contributed by atoms with Crippen LogP contribution in [-0.4, -0.2) is 56.6 Å². The SMILES string of the molecule is Cc1nnsc1CN=C(N)N1CCN(c2ncccn2)CC1. The van der Waals surface area contributed by atoms with Crippen molar-refractivity contribution in [2.45, 2.75) is 13.5 Å². The van der Waals surface area contributed by atoms with Crippen LogP contribution in [0.3, 0.4) is 0 Å². The van der Waals surface area contributed by atoms with Crippen LogP contribution in [0.15, 0.2) is 23.5 Å². The van der Waals surface area contributed by atoms with Crippen LogP contribution in [0.4, 0.5) is 5.95 Å². The number of anilines is 1. The Morgan fingerprint density at radius 3 is 2.64 bits per heavy atom. The summed E-state index contributed by atoms with van der Waals surface area (Å²) in [7, 11) is 0. The molecule has 0 amide bonds. The molecule has 2 aromatic heterocycles. The molecule has 1 aliphatic rings. The topological polar surface area (TPSA) is 96.4 Å². The summed E-state index contributed by atoms with van der Waals surface area (Å²) in [5.74, 6) is 1.34. The summed E-state index contributed by atoms with van der Waals surface area (Å²) in [6.07, 6.45) is 3.52. The molecule has 0 radical (unpaired) electrons. The second-order valence-corrected chi connectivity index (χ2v) is 5.82. The number of piperazine rings is 1. The van der Waals surface area contributed by atoms with E-state index in [0.29, 0.717) is 12.5 Å². The standard InChI is InChI=1S/C13H18N8S/c1-10-11(22-19-18-10)9-17-12(14)20-5-7-21(8-6-20)13-15-3-2-4-16-13/h2-4H,5-9H2,1H3,(H2,14,17). The van der Waals surface area contributed by atoms with Crippen LogP contribution < -0.4 is 10.6 Å². The van der Waals surface area contributed by atoms with Crippen molar-refractivity contribution in [2.24, 2.45) is 10.7 Å². The monoisotopic (exact) mass is 318 g/mol. The van der Waals surface area contributed by atoms with Crippen molar-refractivity contribution in [1.82, 2.24) is 24.5 Å². The molecule has 0 atom stereocenters. The fourth-order valence-corrected chi connectivity index (χ4v) is 2.80. The van der Waals surface area contributed by atoms with Crippen molar-refractivity contribution in [3.05, 3.63) is 29.0 Å². The lowest BCUT2D eigenvalue weighted by atomic mass is 10.3. The van der Waals surface area contributed by atoms with Crippen LogP contribution in [-0.2, 0) is 6.54 Å². The van der Waals surface area contributed by atoms with Crippen molar-refractivity contribution in [1.29, 1.82) is 0 Å². The lowest BCUT2D eigenvalue weighted by molar-refractivity contribution is 0.378. The Kier molecular flexibility index (Phi) is 4.42. The average molecular weight is 318 g/mol. The second-order valence-electron chi connectivity index (χ2n) is 4.98. The molecule has 0 saturated carbocycles. The number of nitrogens with zero attached hydrogens (tertiary/aromatic N) is 7. The number of aryl methyl sites for hydroxylation is 1. The predicted octanol–water partition coefficient (Wildman–Crippen LogP) is 0.273. The quantitative estimate of drug-likeness (QED) is 0.641. The van der Waals surface area contributed by atoms with Crippen LogP contribution in [0.5, 0.6) is 0 Å². The maximum absolute atomic E-state index is 6.09. The van der Waals surface area contributed by atoms with E-state index in [1.807, 2.05) is 13.0 Å². The minimum absolute atomic E-state index is 0.539. The van der Waals surface area contributed by atoms with E-state index in [9.17, 15) is 0 Å². The third-order valence-electron chi connectivity index (χ3n) is 3.57. The fourth-order valence-electron chi connectivity index (χ4n) is 2.24. The predicted molar refractivity (Wildman–Crippen MR) is 85.8 cm³/mol. The molecule has 116 valence electrons. The molecule has 1 aliphatic heterocycles. The van der Waals surface area contributed by atoms with Gasteiger partial charge in [0.2, 0.25) is 5.95 Å². The smallest absolute Gasteiger partial charge is 0.225 e. The highest BCUT2D eigenvalue weighted by Gasteiger charge is 2.19. The highest BCUT2D eigenvalue weighted by molar-refractivity contribution is 7.05. The van der Waals surface area contributed by atoms with Crippen molar-refractivity contribution < 1.29 is 0 Å². The first kappa shape index (κ1) is 14.6. The highest BCUT2D eigenvalue weighted by atomic mass is 32.1. The Bertz CT molecular complexity index is 632. The maximum Gasteiger partial charge on any atom is 0.225 e. The van der Waals surface area contributed by atoms with Gasteiger partial charge >= 0.3 is 0 Å². The van der Waals surface area contributed by atoms with Gasteiger partial charge in [0, 0.05) is 38.6 Å². The normalized spacial score (nSPS) is 16.1. The fraction of sp³-hybridized carbons (Fsp3) is 0.462. The summed E-state index contributed by atoms with van der Waals surface area (Å²) in [5, 5.41) is 3.97.